The van der Waals surface area contributed by atoms with E-state index in [0.29, 0.717) is 12.6 Å². The Bertz CT molecular complexity index is 211. The number of hydrogen-bond acceptors (Lipinski definition) is 3. The summed E-state index contributed by atoms with van der Waals surface area (Å²) >= 11 is 1.93. The van der Waals surface area contributed by atoms with E-state index in [1.54, 1.807) is 0 Å². The fourth-order valence-corrected chi connectivity index (χ4v) is 2.97. The first-order valence-corrected chi connectivity index (χ1v) is 7.58. The molecule has 0 aromatic rings. The molecule has 1 amide bonds. The Hall–Kier alpha value is -0.220. The monoisotopic (exact) mass is 244 g/mol. The third-order valence-electron chi connectivity index (χ3n) is 3.04. The number of carbonyl (C=O) groups is 1. The van der Waals surface area contributed by atoms with E-state index >= 15 is 0 Å². The molecule has 2 unspecified atom stereocenters. The predicted octanol–water partition coefficient (Wildman–Crippen LogP) is 1.78. The van der Waals surface area contributed by atoms with Gasteiger partial charge in [-0.3, -0.25) is 4.79 Å². The van der Waals surface area contributed by atoms with Crippen molar-refractivity contribution in [1.82, 2.24) is 10.6 Å². The lowest BCUT2D eigenvalue weighted by Crippen LogP contribution is -2.43. The van der Waals surface area contributed by atoms with Crippen molar-refractivity contribution in [1.29, 1.82) is 0 Å². The lowest BCUT2D eigenvalue weighted by Gasteiger charge is -2.28. The van der Waals surface area contributed by atoms with Crippen LogP contribution in [0.1, 0.15) is 39.0 Å². The van der Waals surface area contributed by atoms with E-state index in [9.17, 15) is 4.79 Å². The normalized spacial score (nSPS) is 25.4. The maximum Gasteiger partial charge on any atom is 0.234 e. The van der Waals surface area contributed by atoms with Crippen molar-refractivity contribution in [2.75, 3.05) is 19.3 Å². The SMILES string of the molecule is CCCNCC(=O)NC1CCCC(SC)C1. The highest BCUT2D eigenvalue weighted by molar-refractivity contribution is 7.99. The highest BCUT2D eigenvalue weighted by Gasteiger charge is 2.22. The number of amides is 1. The minimum absolute atomic E-state index is 0.153. The van der Waals surface area contributed by atoms with Gasteiger partial charge in [-0.15, -0.1) is 0 Å². The Morgan fingerprint density at radius 1 is 1.44 bits per heavy atom. The maximum absolute atomic E-state index is 11.6. The van der Waals surface area contributed by atoms with Gasteiger partial charge < -0.3 is 10.6 Å². The van der Waals surface area contributed by atoms with Gasteiger partial charge in [0.15, 0.2) is 0 Å². The number of nitrogens with one attached hydrogen (secondary N) is 2. The summed E-state index contributed by atoms with van der Waals surface area (Å²) in [6, 6.07) is 0.405. The molecular formula is C12H24N2OS. The Kier molecular flexibility index (Phi) is 6.88. The van der Waals surface area contributed by atoms with Crippen LogP contribution in [-0.2, 0) is 4.79 Å². The highest BCUT2D eigenvalue weighted by Crippen LogP contribution is 2.26. The average Bonchev–Trinajstić information content (AvgIpc) is 2.29. The summed E-state index contributed by atoms with van der Waals surface area (Å²) < 4.78 is 0. The molecule has 1 saturated carbocycles. The van der Waals surface area contributed by atoms with Gasteiger partial charge in [-0.25, -0.2) is 0 Å². The predicted molar refractivity (Wildman–Crippen MR) is 70.9 cm³/mol. The van der Waals surface area contributed by atoms with Crippen molar-refractivity contribution >= 4 is 17.7 Å². The number of rotatable bonds is 6. The molecule has 1 rings (SSSR count). The summed E-state index contributed by atoms with van der Waals surface area (Å²) in [5, 5.41) is 7.00. The molecule has 0 aromatic carbocycles. The maximum atomic E-state index is 11.6. The van der Waals surface area contributed by atoms with Crippen LogP contribution in [0.3, 0.4) is 0 Å². The van der Waals surface area contributed by atoms with E-state index in [-0.39, 0.29) is 5.91 Å². The molecule has 3 nitrogen and oxygen atoms in total. The molecule has 4 heteroatoms. The smallest absolute Gasteiger partial charge is 0.234 e. The van der Waals surface area contributed by atoms with Crippen molar-refractivity contribution in [2.45, 2.75) is 50.3 Å². The summed E-state index contributed by atoms with van der Waals surface area (Å²) in [6.07, 6.45) is 8.08. The quantitative estimate of drug-likeness (QED) is 0.700. The van der Waals surface area contributed by atoms with Crippen LogP contribution in [0.15, 0.2) is 0 Å². The van der Waals surface area contributed by atoms with Crippen molar-refractivity contribution < 1.29 is 4.79 Å². The van der Waals surface area contributed by atoms with Gasteiger partial charge in [0.05, 0.1) is 6.54 Å². The van der Waals surface area contributed by atoms with Crippen molar-refractivity contribution in [3.8, 4) is 0 Å². The van der Waals surface area contributed by atoms with Crippen molar-refractivity contribution in [2.24, 2.45) is 0 Å². The molecule has 0 heterocycles. The number of thioether (sulfide) groups is 1. The first kappa shape index (κ1) is 13.8. The van der Waals surface area contributed by atoms with E-state index in [0.717, 1.165) is 31.1 Å². The lowest BCUT2D eigenvalue weighted by atomic mass is 9.95. The Balaban J connectivity index is 2.17. The first-order chi connectivity index (χ1) is 7.76. The molecule has 1 aliphatic carbocycles. The summed E-state index contributed by atoms with van der Waals surface area (Å²) in [5.41, 5.74) is 0. The summed E-state index contributed by atoms with van der Waals surface area (Å²) in [6.45, 7) is 3.49. The molecule has 0 aromatic heterocycles. The zero-order valence-electron chi connectivity index (χ0n) is 10.4. The molecule has 0 bridgehead atoms. The summed E-state index contributed by atoms with van der Waals surface area (Å²) in [5.74, 6) is 0.153. The van der Waals surface area contributed by atoms with Gasteiger partial charge >= 0.3 is 0 Å². The molecule has 2 atom stereocenters. The van der Waals surface area contributed by atoms with Gasteiger partial charge in [0.2, 0.25) is 5.91 Å². The third kappa shape index (κ3) is 5.21. The second-order valence-electron chi connectivity index (χ2n) is 4.47. The van der Waals surface area contributed by atoms with Gasteiger partial charge in [0.25, 0.3) is 0 Å². The van der Waals surface area contributed by atoms with E-state index in [1.165, 1.54) is 12.8 Å². The van der Waals surface area contributed by atoms with Crippen LogP contribution in [0, 0.1) is 0 Å². The van der Waals surface area contributed by atoms with Crippen LogP contribution in [-0.4, -0.2) is 36.5 Å². The number of hydrogen-bond donors (Lipinski definition) is 2. The molecule has 1 aliphatic rings. The number of carbonyl (C=O) groups excluding carboxylic acids is 1. The molecule has 1 fully saturated rings. The Morgan fingerprint density at radius 2 is 2.25 bits per heavy atom. The largest absolute Gasteiger partial charge is 0.352 e. The first-order valence-electron chi connectivity index (χ1n) is 6.29. The van der Waals surface area contributed by atoms with Crippen LogP contribution in [0.25, 0.3) is 0 Å². The van der Waals surface area contributed by atoms with Gasteiger partial charge in [-0.1, -0.05) is 13.3 Å². The topological polar surface area (TPSA) is 41.1 Å². The summed E-state index contributed by atoms with van der Waals surface area (Å²) in [4.78, 5) is 11.6. The molecule has 0 spiro atoms. The standard InChI is InChI=1S/C12H24N2OS/c1-3-7-13-9-12(15)14-10-5-4-6-11(8-10)16-2/h10-11,13H,3-9H2,1-2H3,(H,14,15). The molecule has 16 heavy (non-hydrogen) atoms. The van der Waals surface area contributed by atoms with Crippen LogP contribution in [0.2, 0.25) is 0 Å². The molecule has 0 radical (unpaired) electrons. The minimum Gasteiger partial charge on any atom is -0.352 e. The fourth-order valence-electron chi connectivity index (χ4n) is 2.15. The summed E-state index contributed by atoms with van der Waals surface area (Å²) in [7, 11) is 0. The second-order valence-corrected chi connectivity index (χ2v) is 5.60. The second kappa shape index (κ2) is 7.96. The lowest BCUT2D eigenvalue weighted by molar-refractivity contribution is -0.121. The average molecular weight is 244 g/mol. The van der Waals surface area contributed by atoms with E-state index in [4.69, 9.17) is 0 Å². The minimum atomic E-state index is 0.153. The van der Waals surface area contributed by atoms with E-state index in [2.05, 4.69) is 23.8 Å². The van der Waals surface area contributed by atoms with Crippen LogP contribution >= 0.6 is 11.8 Å². The fraction of sp³-hybridized carbons (Fsp3) is 0.917. The third-order valence-corrected chi connectivity index (χ3v) is 4.13. The van der Waals surface area contributed by atoms with E-state index in [1.807, 2.05) is 11.8 Å². The zero-order valence-corrected chi connectivity index (χ0v) is 11.2. The van der Waals surface area contributed by atoms with Gasteiger partial charge in [-0.2, -0.15) is 11.8 Å². The molecule has 0 saturated heterocycles. The molecule has 0 aliphatic heterocycles. The molecule has 2 N–H and O–H groups in total. The Morgan fingerprint density at radius 3 is 2.94 bits per heavy atom. The van der Waals surface area contributed by atoms with Gasteiger partial charge in [-0.05, 0) is 38.5 Å². The van der Waals surface area contributed by atoms with E-state index < -0.39 is 0 Å². The van der Waals surface area contributed by atoms with Crippen molar-refractivity contribution in [3.63, 3.8) is 0 Å². The van der Waals surface area contributed by atoms with Gasteiger partial charge in [0.1, 0.15) is 0 Å². The zero-order chi connectivity index (χ0) is 11.8. The van der Waals surface area contributed by atoms with Crippen LogP contribution in [0.4, 0.5) is 0 Å². The van der Waals surface area contributed by atoms with Crippen LogP contribution < -0.4 is 10.6 Å². The highest BCUT2D eigenvalue weighted by atomic mass is 32.2. The molecular weight excluding hydrogens is 220 g/mol. The Labute approximate surface area is 103 Å². The van der Waals surface area contributed by atoms with Crippen LogP contribution in [0.5, 0.6) is 0 Å². The molecule has 94 valence electrons. The van der Waals surface area contributed by atoms with Gasteiger partial charge in [0, 0.05) is 11.3 Å². The van der Waals surface area contributed by atoms with Crippen molar-refractivity contribution in [3.05, 3.63) is 0 Å².